The third-order valence-electron chi connectivity index (χ3n) is 3.94. The van der Waals surface area contributed by atoms with Gasteiger partial charge in [-0.25, -0.2) is 0 Å². The average molecular weight is 364 g/mol. The Morgan fingerprint density at radius 1 is 1.00 bits per heavy atom. The van der Waals surface area contributed by atoms with Crippen LogP contribution in [0.25, 0.3) is 0 Å². The molecular weight excluding hydrogens is 339 g/mol. The molecule has 0 amide bonds. The minimum atomic E-state index is -3.76. The molecule has 0 heterocycles. The Morgan fingerprint density at radius 2 is 1.60 bits per heavy atom. The fraction of sp³-hybridized carbons (Fsp3) is 0.368. The summed E-state index contributed by atoms with van der Waals surface area (Å²) in [5.74, 6) is 0.938. The van der Waals surface area contributed by atoms with Gasteiger partial charge < -0.3 is 14.9 Å². The van der Waals surface area contributed by atoms with E-state index in [9.17, 15) is 14.6 Å². The summed E-state index contributed by atoms with van der Waals surface area (Å²) in [6, 6.07) is 12.8. The van der Waals surface area contributed by atoms with Gasteiger partial charge in [0.25, 0.3) is 0 Å². The molecule has 0 aliphatic heterocycles. The van der Waals surface area contributed by atoms with E-state index in [2.05, 4.69) is 4.67 Å². The van der Waals surface area contributed by atoms with Crippen LogP contribution in [0.1, 0.15) is 50.3 Å². The van der Waals surface area contributed by atoms with Crippen LogP contribution in [-0.4, -0.2) is 15.7 Å². The number of rotatable bonds is 7. The van der Waals surface area contributed by atoms with Crippen molar-refractivity contribution in [2.45, 2.75) is 45.7 Å². The van der Waals surface area contributed by atoms with E-state index in [1.54, 1.807) is 32.0 Å². The van der Waals surface area contributed by atoms with Crippen molar-refractivity contribution in [2.24, 2.45) is 0 Å². The molecular formula is C19H25O5P. The molecule has 0 aliphatic rings. The second-order valence-corrected chi connectivity index (χ2v) is 8.99. The standard InChI is InChI=1S/C19H25O5P/c1-13(2)18-12-16(7-10-19(18)20)11-15-5-8-17(9-6-15)23-24-25(21,22)14(3)4/h5-10,12-14,20H,11H2,1-4H3,(H,21,22). The van der Waals surface area contributed by atoms with Gasteiger partial charge in [0.15, 0.2) is 5.75 Å². The van der Waals surface area contributed by atoms with Crippen molar-refractivity contribution >= 4 is 7.60 Å². The quantitative estimate of drug-likeness (QED) is 0.410. The van der Waals surface area contributed by atoms with Crippen LogP contribution in [0.15, 0.2) is 42.5 Å². The minimum Gasteiger partial charge on any atom is -0.508 e. The minimum absolute atomic E-state index is 0.253. The van der Waals surface area contributed by atoms with Crippen molar-refractivity contribution in [3.05, 3.63) is 59.2 Å². The topological polar surface area (TPSA) is 76.0 Å². The van der Waals surface area contributed by atoms with Crippen molar-refractivity contribution in [1.82, 2.24) is 0 Å². The summed E-state index contributed by atoms with van der Waals surface area (Å²) < 4.78 is 16.4. The lowest BCUT2D eigenvalue weighted by molar-refractivity contribution is -0.110. The van der Waals surface area contributed by atoms with Crippen LogP contribution in [0.4, 0.5) is 0 Å². The highest BCUT2D eigenvalue weighted by atomic mass is 31.2. The summed E-state index contributed by atoms with van der Waals surface area (Å²) in [6.07, 6.45) is 0.714. The van der Waals surface area contributed by atoms with Gasteiger partial charge in [-0.15, -0.1) is 0 Å². The lowest BCUT2D eigenvalue weighted by Gasteiger charge is -2.14. The summed E-state index contributed by atoms with van der Waals surface area (Å²) in [6.45, 7) is 7.27. The van der Waals surface area contributed by atoms with Gasteiger partial charge >= 0.3 is 7.60 Å². The SMILES string of the molecule is CC(C)c1cc(Cc2ccc(OOP(=O)(O)C(C)C)cc2)ccc1O. The molecule has 0 bridgehead atoms. The van der Waals surface area contributed by atoms with Crippen molar-refractivity contribution in [3.8, 4) is 11.5 Å². The van der Waals surface area contributed by atoms with Gasteiger partial charge in [-0.3, -0.25) is 4.57 Å². The molecule has 2 aromatic rings. The molecule has 0 radical (unpaired) electrons. The van der Waals surface area contributed by atoms with Gasteiger partial charge in [0.1, 0.15) is 5.75 Å². The van der Waals surface area contributed by atoms with Crippen molar-refractivity contribution in [3.63, 3.8) is 0 Å². The molecule has 0 fully saturated rings. The first kappa shape index (κ1) is 19.5. The van der Waals surface area contributed by atoms with Crippen LogP contribution in [0, 0.1) is 0 Å². The van der Waals surface area contributed by atoms with E-state index >= 15 is 0 Å². The fourth-order valence-electron chi connectivity index (χ4n) is 2.26. The molecule has 1 unspecified atom stereocenters. The second kappa shape index (κ2) is 8.05. The van der Waals surface area contributed by atoms with Crippen LogP contribution >= 0.6 is 7.60 Å². The molecule has 0 aromatic heterocycles. The van der Waals surface area contributed by atoms with Gasteiger partial charge in [-0.2, -0.15) is 0 Å². The van der Waals surface area contributed by atoms with E-state index in [1.807, 2.05) is 38.1 Å². The van der Waals surface area contributed by atoms with Crippen LogP contribution in [0.3, 0.4) is 0 Å². The van der Waals surface area contributed by atoms with Crippen molar-refractivity contribution in [1.29, 1.82) is 0 Å². The van der Waals surface area contributed by atoms with Gasteiger partial charge in [-0.05, 0) is 47.2 Å². The molecule has 0 saturated heterocycles. The number of phenols is 1. The Bertz CT molecular complexity index is 753. The molecule has 2 rings (SSSR count). The number of aromatic hydroxyl groups is 1. The molecule has 0 spiro atoms. The van der Waals surface area contributed by atoms with Crippen molar-refractivity contribution < 1.29 is 24.1 Å². The first-order valence-electron chi connectivity index (χ1n) is 8.28. The lowest BCUT2D eigenvalue weighted by atomic mass is 9.96. The van der Waals surface area contributed by atoms with Gasteiger partial charge in [0.2, 0.25) is 0 Å². The highest BCUT2D eigenvalue weighted by Gasteiger charge is 2.26. The van der Waals surface area contributed by atoms with E-state index in [0.29, 0.717) is 17.9 Å². The second-order valence-electron chi connectivity index (χ2n) is 6.68. The maximum Gasteiger partial charge on any atom is 0.369 e. The molecule has 25 heavy (non-hydrogen) atoms. The monoisotopic (exact) mass is 364 g/mol. The maximum absolute atomic E-state index is 11.7. The van der Waals surface area contributed by atoms with Gasteiger partial charge in [0.05, 0.1) is 5.66 Å². The summed E-state index contributed by atoms with van der Waals surface area (Å²) >= 11 is 0. The third kappa shape index (κ3) is 5.33. The predicted molar refractivity (Wildman–Crippen MR) is 98.1 cm³/mol. The predicted octanol–water partition coefficient (Wildman–Crippen LogP) is 5.01. The average Bonchev–Trinajstić information content (AvgIpc) is 2.55. The molecule has 5 nitrogen and oxygen atoms in total. The summed E-state index contributed by atoms with van der Waals surface area (Å²) in [4.78, 5) is 14.5. The zero-order valence-electron chi connectivity index (χ0n) is 15.0. The molecule has 0 saturated carbocycles. The van der Waals surface area contributed by atoms with E-state index in [4.69, 9.17) is 4.89 Å². The van der Waals surface area contributed by atoms with E-state index < -0.39 is 13.3 Å². The number of phenolic OH excluding ortho intramolecular Hbond substituents is 1. The zero-order chi connectivity index (χ0) is 18.6. The first-order chi connectivity index (χ1) is 11.7. The summed E-state index contributed by atoms with van der Waals surface area (Å²) in [7, 11) is -3.76. The molecule has 1 atom stereocenters. The number of hydrogen-bond acceptors (Lipinski definition) is 4. The third-order valence-corrected chi connectivity index (χ3v) is 5.53. The van der Waals surface area contributed by atoms with Gasteiger partial charge in [0, 0.05) is 0 Å². The van der Waals surface area contributed by atoms with Crippen LogP contribution in [0.2, 0.25) is 0 Å². The Balaban J connectivity index is 2.03. The highest BCUT2D eigenvalue weighted by molar-refractivity contribution is 7.53. The molecule has 2 aromatic carbocycles. The Kier molecular flexibility index (Phi) is 6.28. The summed E-state index contributed by atoms with van der Waals surface area (Å²) in [5, 5.41) is 9.90. The van der Waals surface area contributed by atoms with Crippen LogP contribution in [0.5, 0.6) is 11.5 Å². The maximum atomic E-state index is 11.7. The number of hydrogen-bond donors (Lipinski definition) is 2. The molecule has 136 valence electrons. The lowest BCUT2D eigenvalue weighted by Crippen LogP contribution is -2.04. The smallest absolute Gasteiger partial charge is 0.369 e. The highest BCUT2D eigenvalue weighted by Crippen LogP contribution is 2.47. The Morgan fingerprint density at radius 3 is 2.16 bits per heavy atom. The van der Waals surface area contributed by atoms with Crippen LogP contribution < -0.4 is 4.89 Å². The van der Waals surface area contributed by atoms with Crippen molar-refractivity contribution in [2.75, 3.05) is 0 Å². The Hall–Kier alpha value is -1.81. The zero-order valence-corrected chi connectivity index (χ0v) is 15.9. The first-order valence-corrected chi connectivity index (χ1v) is 9.93. The Labute approximate surface area is 148 Å². The fourth-order valence-corrected chi connectivity index (χ4v) is 2.62. The van der Waals surface area contributed by atoms with E-state index in [1.165, 1.54) is 0 Å². The number of benzene rings is 2. The largest absolute Gasteiger partial charge is 0.508 e. The normalized spacial score (nSPS) is 13.9. The van der Waals surface area contributed by atoms with Gasteiger partial charge in [-0.1, -0.05) is 56.6 Å². The van der Waals surface area contributed by atoms with Crippen LogP contribution in [-0.2, 0) is 15.7 Å². The molecule has 6 heteroatoms. The van der Waals surface area contributed by atoms with E-state index in [0.717, 1.165) is 16.7 Å². The molecule has 2 N–H and O–H groups in total. The summed E-state index contributed by atoms with van der Waals surface area (Å²) in [5.41, 5.74) is 2.56. The van der Waals surface area contributed by atoms with E-state index in [-0.39, 0.29) is 5.92 Å². The molecule has 0 aliphatic carbocycles.